The number of hydrogen-bond acceptors (Lipinski definition) is 3. The van der Waals surface area contributed by atoms with E-state index < -0.39 is 10.8 Å². The van der Waals surface area contributed by atoms with E-state index in [0.717, 1.165) is 44.9 Å². The number of ether oxygens (including phenoxy) is 1. The number of benzene rings is 3. The van der Waals surface area contributed by atoms with Crippen LogP contribution in [0.2, 0.25) is 0 Å². The molecule has 0 saturated carbocycles. The van der Waals surface area contributed by atoms with Crippen molar-refractivity contribution in [1.29, 1.82) is 0 Å². The highest BCUT2D eigenvalue weighted by Gasteiger charge is 2.20. The minimum atomic E-state index is -1.17. The van der Waals surface area contributed by atoms with E-state index in [1.165, 1.54) is 0 Å². The molecule has 3 aromatic rings. The van der Waals surface area contributed by atoms with Crippen LogP contribution in [-0.2, 0) is 46.2 Å². The molecular weight excluding hydrogens is 356 g/mol. The Morgan fingerprint density at radius 1 is 0.815 bits per heavy atom. The van der Waals surface area contributed by atoms with E-state index in [9.17, 15) is 9.00 Å². The van der Waals surface area contributed by atoms with E-state index in [0.29, 0.717) is 0 Å². The summed E-state index contributed by atoms with van der Waals surface area (Å²) in [5, 5.41) is 0. The van der Waals surface area contributed by atoms with Gasteiger partial charge in [-0.05, 0) is 47.2 Å². The highest BCUT2D eigenvalue weighted by Crippen LogP contribution is 2.29. The molecule has 1 atom stereocenters. The van der Waals surface area contributed by atoms with Gasteiger partial charge in [0.2, 0.25) is 0 Å². The van der Waals surface area contributed by atoms with Crippen LogP contribution < -0.4 is 0 Å². The lowest BCUT2D eigenvalue weighted by Crippen LogP contribution is -2.08. The number of hydrogen-bond donors (Lipinski definition) is 0. The van der Waals surface area contributed by atoms with Crippen LogP contribution in [-0.4, -0.2) is 10.2 Å². The van der Waals surface area contributed by atoms with Crippen LogP contribution in [0.4, 0.5) is 0 Å². The van der Waals surface area contributed by atoms with Crippen molar-refractivity contribution in [2.45, 2.75) is 35.7 Å². The van der Waals surface area contributed by atoms with Gasteiger partial charge in [-0.25, -0.2) is 4.21 Å². The van der Waals surface area contributed by atoms with E-state index >= 15 is 0 Å². The normalized spacial score (nSPS) is 15.3. The maximum absolute atomic E-state index is 12.9. The van der Waals surface area contributed by atoms with Gasteiger partial charge in [0.1, 0.15) is 6.61 Å². The van der Waals surface area contributed by atoms with E-state index in [4.69, 9.17) is 4.74 Å². The lowest BCUT2D eigenvalue weighted by molar-refractivity contribution is -0.144. The number of aryl methyl sites for hydroxylation is 2. The first-order chi connectivity index (χ1) is 13.2. The third kappa shape index (κ3) is 4.01. The van der Waals surface area contributed by atoms with E-state index in [1.54, 1.807) is 0 Å². The van der Waals surface area contributed by atoms with Gasteiger partial charge in [-0.15, -0.1) is 0 Å². The van der Waals surface area contributed by atoms with Crippen LogP contribution in [0, 0.1) is 0 Å². The first-order valence-electron chi connectivity index (χ1n) is 9.02. The molecule has 0 aromatic heterocycles. The van der Waals surface area contributed by atoms with Gasteiger partial charge in [-0.2, -0.15) is 0 Å². The van der Waals surface area contributed by atoms with Gasteiger partial charge in [0.05, 0.1) is 17.2 Å². The van der Waals surface area contributed by atoms with Crippen molar-refractivity contribution >= 4 is 16.8 Å². The molecule has 4 heteroatoms. The molecule has 0 bridgehead atoms. The zero-order valence-corrected chi connectivity index (χ0v) is 15.7. The minimum absolute atomic E-state index is 0.222. The largest absolute Gasteiger partial charge is 0.461 e. The Kier molecular flexibility index (Phi) is 5.16. The maximum Gasteiger partial charge on any atom is 0.310 e. The summed E-state index contributed by atoms with van der Waals surface area (Å²) >= 11 is 0. The van der Waals surface area contributed by atoms with E-state index in [1.807, 2.05) is 72.8 Å². The summed E-state index contributed by atoms with van der Waals surface area (Å²) in [6, 6.07) is 23.3. The number of rotatable bonds is 4. The Labute approximate surface area is 161 Å². The van der Waals surface area contributed by atoms with Gasteiger partial charge in [0.15, 0.2) is 0 Å². The summed E-state index contributed by atoms with van der Waals surface area (Å²) in [5.74, 6) is -0.253. The lowest BCUT2D eigenvalue weighted by atomic mass is 10.0. The molecule has 1 aliphatic rings. The highest BCUT2D eigenvalue weighted by molar-refractivity contribution is 7.85. The predicted octanol–water partition coefficient (Wildman–Crippen LogP) is 4.24. The second kappa shape index (κ2) is 7.89. The van der Waals surface area contributed by atoms with Crippen LogP contribution in [0.25, 0.3) is 0 Å². The molecule has 0 amide bonds. The Balaban J connectivity index is 1.47. The molecule has 4 rings (SSSR count). The molecule has 0 aliphatic carbocycles. The van der Waals surface area contributed by atoms with Crippen LogP contribution in [0.3, 0.4) is 0 Å². The molecule has 3 aromatic carbocycles. The number of carbonyl (C=O) groups excluding carboxylic acids is 1. The van der Waals surface area contributed by atoms with Gasteiger partial charge < -0.3 is 4.74 Å². The third-order valence-electron chi connectivity index (χ3n) is 4.75. The van der Waals surface area contributed by atoms with E-state index in [2.05, 4.69) is 0 Å². The van der Waals surface area contributed by atoms with Crippen LogP contribution in [0.15, 0.2) is 82.6 Å². The molecular formula is C23H20O3S. The average molecular weight is 376 g/mol. The summed E-state index contributed by atoms with van der Waals surface area (Å²) in [6.07, 6.45) is 1.90. The summed E-state index contributed by atoms with van der Waals surface area (Å²) in [7, 11) is -1.17. The zero-order chi connectivity index (χ0) is 18.6. The molecule has 3 nitrogen and oxygen atoms in total. The molecule has 1 aliphatic heterocycles. The standard InChI is InChI=1S/C23H20O3S/c24-23(26-16-17-6-2-1-3-7-17)15-18-10-13-22-20(14-18)12-11-19-8-4-5-9-21(19)27(22)25/h1-10,13-14H,11-12,15-16H2. The molecule has 0 radical (unpaired) electrons. The summed E-state index contributed by atoms with van der Waals surface area (Å²) < 4.78 is 18.3. The predicted molar refractivity (Wildman–Crippen MR) is 105 cm³/mol. The number of carbonyl (C=O) groups is 1. The van der Waals surface area contributed by atoms with Crippen molar-refractivity contribution in [2.24, 2.45) is 0 Å². The molecule has 0 fully saturated rings. The fourth-order valence-corrected chi connectivity index (χ4v) is 4.79. The van der Waals surface area contributed by atoms with Crippen molar-refractivity contribution in [1.82, 2.24) is 0 Å². The van der Waals surface area contributed by atoms with Gasteiger partial charge in [0.25, 0.3) is 0 Å². The molecule has 0 spiro atoms. The van der Waals surface area contributed by atoms with Crippen molar-refractivity contribution < 1.29 is 13.7 Å². The Bertz CT molecular complexity index is 996. The molecule has 136 valence electrons. The molecule has 27 heavy (non-hydrogen) atoms. The summed E-state index contributed by atoms with van der Waals surface area (Å²) in [4.78, 5) is 13.9. The van der Waals surface area contributed by atoms with Crippen molar-refractivity contribution in [2.75, 3.05) is 0 Å². The fourth-order valence-electron chi connectivity index (χ4n) is 3.35. The molecule has 0 saturated heterocycles. The fraction of sp³-hybridized carbons (Fsp3) is 0.174. The second-order valence-corrected chi connectivity index (χ2v) is 8.06. The Hall–Kier alpha value is -2.72. The van der Waals surface area contributed by atoms with Crippen LogP contribution in [0.1, 0.15) is 22.3 Å². The summed E-state index contributed by atoms with van der Waals surface area (Å²) in [5.41, 5.74) is 4.06. The lowest BCUT2D eigenvalue weighted by Gasteiger charge is -2.09. The second-order valence-electron chi connectivity index (χ2n) is 6.64. The monoisotopic (exact) mass is 376 g/mol. The first kappa shape index (κ1) is 17.7. The number of fused-ring (bicyclic) bond motifs is 2. The van der Waals surface area contributed by atoms with Crippen LogP contribution in [0.5, 0.6) is 0 Å². The van der Waals surface area contributed by atoms with Gasteiger partial charge in [0, 0.05) is 9.79 Å². The molecule has 1 unspecified atom stereocenters. The minimum Gasteiger partial charge on any atom is -0.461 e. The SMILES string of the molecule is O=C(Cc1ccc2c(c1)CCc1ccccc1S2=O)OCc1ccccc1. The average Bonchev–Trinajstić information content (AvgIpc) is 2.84. The smallest absolute Gasteiger partial charge is 0.310 e. The van der Waals surface area contributed by atoms with E-state index in [-0.39, 0.29) is 19.0 Å². The Morgan fingerprint density at radius 3 is 2.37 bits per heavy atom. The summed E-state index contributed by atoms with van der Waals surface area (Å²) in [6.45, 7) is 0.282. The maximum atomic E-state index is 12.9. The highest BCUT2D eigenvalue weighted by atomic mass is 32.2. The van der Waals surface area contributed by atoms with Gasteiger partial charge in [-0.1, -0.05) is 60.7 Å². The third-order valence-corrected chi connectivity index (χ3v) is 6.35. The van der Waals surface area contributed by atoms with Crippen LogP contribution >= 0.6 is 0 Å². The van der Waals surface area contributed by atoms with Crippen molar-refractivity contribution in [3.05, 3.63) is 95.1 Å². The Morgan fingerprint density at radius 2 is 1.52 bits per heavy atom. The van der Waals surface area contributed by atoms with Gasteiger partial charge in [-0.3, -0.25) is 4.79 Å². The van der Waals surface area contributed by atoms with Gasteiger partial charge >= 0.3 is 5.97 Å². The zero-order valence-electron chi connectivity index (χ0n) is 14.9. The quantitative estimate of drug-likeness (QED) is 0.640. The van der Waals surface area contributed by atoms with Crippen molar-refractivity contribution in [3.63, 3.8) is 0 Å². The molecule has 0 N–H and O–H groups in total. The topological polar surface area (TPSA) is 43.4 Å². The molecule has 1 heterocycles. The van der Waals surface area contributed by atoms with Crippen molar-refractivity contribution in [3.8, 4) is 0 Å². The first-order valence-corrected chi connectivity index (χ1v) is 10.2. The number of esters is 1.